The van der Waals surface area contributed by atoms with Gasteiger partial charge in [-0.1, -0.05) is 31.2 Å². The minimum Gasteiger partial charge on any atom is -0.341 e. The van der Waals surface area contributed by atoms with E-state index in [2.05, 4.69) is 36.5 Å². The van der Waals surface area contributed by atoms with Crippen LogP contribution in [0.5, 0.6) is 0 Å². The number of likely N-dealkylation sites (tertiary alicyclic amines) is 1. The van der Waals surface area contributed by atoms with Crippen LogP contribution in [0.4, 0.5) is 0 Å². The van der Waals surface area contributed by atoms with Crippen LogP contribution in [0.3, 0.4) is 0 Å². The molecule has 6 heteroatoms. The monoisotopic (exact) mass is 385 g/mol. The Bertz CT molecular complexity index is 738. The molecule has 2 saturated heterocycles. The Kier molecular flexibility index (Phi) is 5.43. The Morgan fingerprint density at radius 1 is 1.25 bits per heavy atom. The second-order valence-corrected chi connectivity index (χ2v) is 8.80. The third kappa shape index (κ3) is 3.67. The van der Waals surface area contributed by atoms with E-state index in [0.717, 1.165) is 51.7 Å². The summed E-state index contributed by atoms with van der Waals surface area (Å²) in [6.45, 7) is 4.42. The lowest BCUT2D eigenvalue weighted by Crippen LogP contribution is -2.59. The van der Waals surface area contributed by atoms with Gasteiger partial charge in [-0.15, -0.1) is 0 Å². The molecule has 1 aromatic rings. The quantitative estimate of drug-likeness (QED) is 0.548. The Morgan fingerprint density at radius 3 is 2.61 bits per heavy atom. The second kappa shape index (κ2) is 7.84. The van der Waals surface area contributed by atoms with Gasteiger partial charge in [-0.25, -0.2) is 5.48 Å². The summed E-state index contributed by atoms with van der Waals surface area (Å²) in [5, 5.41) is 12.5. The number of nitrogens with one attached hydrogen (secondary N) is 2. The maximum absolute atomic E-state index is 13.2. The van der Waals surface area contributed by atoms with Gasteiger partial charge in [0.15, 0.2) is 0 Å². The molecule has 3 aliphatic rings. The zero-order chi connectivity index (χ0) is 19.7. The second-order valence-electron chi connectivity index (χ2n) is 8.80. The summed E-state index contributed by atoms with van der Waals surface area (Å²) in [5.41, 5.74) is 4.75. The van der Waals surface area contributed by atoms with E-state index in [1.807, 2.05) is 4.90 Å². The first-order valence-electron chi connectivity index (χ1n) is 10.6. The first-order chi connectivity index (χ1) is 13.6. The Hall–Kier alpha value is -1.92. The molecular weight excluding hydrogens is 354 g/mol. The van der Waals surface area contributed by atoms with Crippen LogP contribution in [0.15, 0.2) is 24.3 Å². The molecule has 1 spiro atoms. The fourth-order valence-electron chi connectivity index (χ4n) is 5.13. The number of carbonyl (C=O) groups excluding carboxylic acids is 2. The molecular formula is C22H31N3O3. The van der Waals surface area contributed by atoms with Crippen molar-refractivity contribution in [3.05, 3.63) is 35.4 Å². The van der Waals surface area contributed by atoms with Crippen LogP contribution in [0.2, 0.25) is 0 Å². The fraction of sp³-hybridized carbons (Fsp3) is 0.636. The van der Waals surface area contributed by atoms with Crippen molar-refractivity contribution >= 4 is 11.8 Å². The highest BCUT2D eigenvalue weighted by atomic mass is 16.5. The summed E-state index contributed by atoms with van der Waals surface area (Å²) in [6, 6.07) is 8.08. The number of rotatable bonds is 4. The normalized spacial score (nSPS) is 26.9. The van der Waals surface area contributed by atoms with Gasteiger partial charge in [0.05, 0.1) is 12.0 Å². The number of nitrogens with zero attached hydrogens (tertiary/aromatic N) is 1. The highest BCUT2D eigenvalue weighted by Crippen LogP contribution is 2.52. The van der Waals surface area contributed by atoms with Crippen LogP contribution in [-0.4, -0.2) is 47.6 Å². The standard InChI is InChI=1S/C22H31N3O3/c1-2-15-5-3-4-6-17(15)16-7-11-25(12-8-16)21(27)19-18(20(26)24-28)13-22(9-10-22)14-23-19/h3-6,16,18-19,23,28H,2,7-14H2,1H3,(H,24,26). The highest BCUT2D eigenvalue weighted by molar-refractivity contribution is 5.90. The maximum Gasteiger partial charge on any atom is 0.248 e. The molecule has 0 aromatic heterocycles. The fourth-order valence-corrected chi connectivity index (χ4v) is 5.13. The van der Waals surface area contributed by atoms with Gasteiger partial charge in [-0.05, 0) is 61.0 Å². The lowest BCUT2D eigenvalue weighted by molar-refractivity contribution is -0.145. The summed E-state index contributed by atoms with van der Waals surface area (Å²) >= 11 is 0. The number of hydroxylamine groups is 1. The Morgan fingerprint density at radius 2 is 1.96 bits per heavy atom. The van der Waals surface area contributed by atoms with Crippen molar-refractivity contribution in [3.63, 3.8) is 0 Å². The lowest BCUT2D eigenvalue weighted by atomic mass is 9.80. The van der Waals surface area contributed by atoms with E-state index in [1.165, 1.54) is 11.1 Å². The van der Waals surface area contributed by atoms with Crippen molar-refractivity contribution in [2.45, 2.75) is 57.4 Å². The van der Waals surface area contributed by atoms with Crippen LogP contribution < -0.4 is 10.8 Å². The van der Waals surface area contributed by atoms with Gasteiger partial charge < -0.3 is 10.2 Å². The number of hydrogen-bond acceptors (Lipinski definition) is 4. The van der Waals surface area contributed by atoms with Crippen molar-refractivity contribution in [2.24, 2.45) is 11.3 Å². The molecule has 28 heavy (non-hydrogen) atoms. The SMILES string of the molecule is CCc1ccccc1C1CCN(C(=O)C2NCC3(CC3)CC2C(=O)NO)CC1. The Labute approximate surface area is 166 Å². The molecule has 0 radical (unpaired) electrons. The predicted octanol–water partition coefficient (Wildman–Crippen LogP) is 2.22. The molecule has 4 rings (SSSR count). The number of amides is 2. The molecule has 1 aliphatic carbocycles. The molecule has 2 atom stereocenters. The molecule has 6 nitrogen and oxygen atoms in total. The van der Waals surface area contributed by atoms with Crippen molar-refractivity contribution in [3.8, 4) is 0 Å². The molecule has 2 amide bonds. The molecule has 2 heterocycles. The molecule has 2 aliphatic heterocycles. The summed E-state index contributed by atoms with van der Waals surface area (Å²) in [6.07, 6.45) is 5.81. The number of hydrogen-bond donors (Lipinski definition) is 3. The van der Waals surface area contributed by atoms with E-state index < -0.39 is 17.9 Å². The number of aryl methyl sites for hydroxylation is 1. The van der Waals surface area contributed by atoms with E-state index >= 15 is 0 Å². The summed E-state index contributed by atoms with van der Waals surface area (Å²) in [7, 11) is 0. The third-order valence-corrected chi connectivity index (χ3v) is 7.10. The van der Waals surface area contributed by atoms with E-state index in [-0.39, 0.29) is 11.3 Å². The average molecular weight is 386 g/mol. The van der Waals surface area contributed by atoms with Crippen LogP contribution >= 0.6 is 0 Å². The Balaban J connectivity index is 1.41. The smallest absolute Gasteiger partial charge is 0.248 e. The zero-order valence-electron chi connectivity index (χ0n) is 16.6. The topological polar surface area (TPSA) is 81.7 Å². The lowest BCUT2D eigenvalue weighted by Gasteiger charge is -2.40. The maximum atomic E-state index is 13.2. The van der Waals surface area contributed by atoms with Crippen molar-refractivity contribution in [1.82, 2.24) is 15.7 Å². The van der Waals surface area contributed by atoms with Crippen molar-refractivity contribution in [1.29, 1.82) is 0 Å². The van der Waals surface area contributed by atoms with Crippen LogP contribution in [0.1, 0.15) is 56.1 Å². The van der Waals surface area contributed by atoms with Gasteiger partial charge >= 0.3 is 0 Å². The molecule has 0 bridgehead atoms. The van der Waals surface area contributed by atoms with Gasteiger partial charge in [0.1, 0.15) is 0 Å². The van der Waals surface area contributed by atoms with E-state index in [9.17, 15) is 9.59 Å². The zero-order valence-corrected chi connectivity index (χ0v) is 16.6. The largest absolute Gasteiger partial charge is 0.341 e. The highest BCUT2D eigenvalue weighted by Gasteiger charge is 2.52. The molecule has 2 unspecified atom stereocenters. The minimum absolute atomic E-state index is 0.00586. The predicted molar refractivity (Wildman–Crippen MR) is 106 cm³/mol. The van der Waals surface area contributed by atoms with Gasteiger partial charge in [0.25, 0.3) is 0 Å². The van der Waals surface area contributed by atoms with Crippen LogP contribution in [0.25, 0.3) is 0 Å². The van der Waals surface area contributed by atoms with Gasteiger partial charge in [0.2, 0.25) is 11.8 Å². The van der Waals surface area contributed by atoms with Gasteiger partial charge in [-0.3, -0.25) is 14.8 Å². The first-order valence-corrected chi connectivity index (χ1v) is 10.6. The van der Waals surface area contributed by atoms with Crippen molar-refractivity contribution in [2.75, 3.05) is 19.6 Å². The first kappa shape index (κ1) is 19.4. The molecule has 1 aromatic carbocycles. The third-order valence-electron chi connectivity index (χ3n) is 7.10. The molecule has 1 saturated carbocycles. The van der Waals surface area contributed by atoms with Crippen molar-refractivity contribution < 1.29 is 14.8 Å². The minimum atomic E-state index is -0.530. The van der Waals surface area contributed by atoms with E-state index in [1.54, 1.807) is 5.48 Å². The van der Waals surface area contributed by atoms with Crippen LogP contribution in [-0.2, 0) is 16.0 Å². The number of piperidine rings is 2. The number of benzene rings is 1. The van der Waals surface area contributed by atoms with Gasteiger partial charge in [-0.2, -0.15) is 0 Å². The summed E-state index contributed by atoms with van der Waals surface area (Å²) < 4.78 is 0. The summed E-state index contributed by atoms with van der Waals surface area (Å²) in [5.74, 6) is -0.437. The van der Waals surface area contributed by atoms with E-state index in [0.29, 0.717) is 12.3 Å². The van der Waals surface area contributed by atoms with Crippen LogP contribution in [0, 0.1) is 11.3 Å². The summed E-state index contributed by atoms with van der Waals surface area (Å²) in [4.78, 5) is 27.3. The number of carbonyl (C=O) groups is 2. The average Bonchev–Trinajstić information content (AvgIpc) is 3.51. The molecule has 3 fully saturated rings. The van der Waals surface area contributed by atoms with E-state index in [4.69, 9.17) is 5.21 Å². The van der Waals surface area contributed by atoms with Gasteiger partial charge in [0, 0.05) is 19.6 Å². The molecule has 152 valence electrons. The molecule has 3 N–H and O–H groups in total.